The van der Waals surface area contributed by atoms with Crippen LogP contribution < -0.4 is 9.47 Å². The second-order valence-electron chi connectivity index (χ2n) is 15.0. The topological polar surface area (TPSA) is 52.6 Å². The molecule has 54 heavy (non-hydrogen) atoms. The van der Waals surface area contributed by atoms with E-state index in [2.05, 4.69) is 100 Å². The van der Waals surface area contributed by atoms with Crippen molar-refractivity contribution in [3.05, 3.63) is 96.1 Å². The summed E-state index contributed by atoms with van der Waals surface area (Å²) in [5.74, 6) is 0.909. The number of hydrogen-bond acceptors (Lipinski definition) is 4. The molecule has 6 rings (SSSR count). The summed E-state index contributed by atoms with van der Waals surface area (Å²) in [5.41, 5.74) is 4.72. The molecule has 0 spiro atoms. The van der Waals surface area contributed by atoms with E-state index in [4.69, 9.17) is 9.47 Å². The fourth-order valence-electron chi connectivity index (χ4n) is 8.09. The summed E-state index contributed by atoms with van der Waals surface area (Å²) in [6.07, 6.45) is 15.5. The first-order valence-electron chi connectivity index (χ1n) is 20.8. The highest BCUT2D eigenvalue weighted by atomic mass is 16.5. The molecular weight excluding hydrogens is 665 g/mol. The van der Waals surface area contributed by atoms with Crippen molar-refractivity contribution in [3.8, 4) is 22.6 Å². The third-order valence-corrected chi connectivity index (χ3v) is 10.8. The van der Waals surface area contributed by atoms with Gasteiger partial charge in [0, 0.05) is 34.4 Å². The first-order chi connectivity index (χ1) is 26.5. The van der Waals surface area contributed by atoms with E-state index in [9.17, 15) is 9.59 Å². The Hall–Kier alpha value is -4.70. The second-order valence-corrected chi connectivity index (χ2v) is 15.0. The van der Waals surface area contributed by atoms with Crippen LogP contribution in [0.3, 0.4) is 0 Å². The lowest BCUT2D eigenvalue weighted by Crippen LogP contribution is -2.09. The fourth-order valence-corrected chi connectivity index (χ4v) is 8.09. The van der Waals surface area contributed by atoms with Gasteiger partial charge in [0.05, 0.1) is 0 Å². The average molecular weight is 723 g/mol. The van der Waals surface area contributed by atoms with Crippen molar-refractivity contribution in [1.29, 1.82) is 0 Å². The smallest absolute Gasteiger partial charge is 0.311 e. The third kappa shape index (κ3) is 8.81. The fraction of sp³-hybridized carbons (Fsp3) is 0.400. The van der Waals surface area contributed by atoms with Crippen LogP contribution in [-0.2, 0) is 22.4 Å². The van der Waals surface area contributed by atoms with Crippen LogP contribution in [0.2, 0.25) is 0 Å². The summed E-state index contributed by atoms with van der Waals surface area (Å²) in [4.78, 5) is 27.0. The minimum absolute atomic E-state index is 0.181. The number of esters is 2. The van der Waals surface area contributed by atoms with E-state index < -0.39 is 0 Å². The van der Waals surface area contributed by atoms with Gasteiger partial charge in [0.1, 0.15) is 11.5 Å². The van der Waals surface area contributed by atoms with Crippen molar-refractivity contribution in [1.82, 2.24) is 0 Å². The summed E-state index contributed by atoms with van der Waals surface area (Å²) in [6.45, 7) is 8.83. The number of ether oxygens (including phenoxy) is 2. The molecule has 0 aliphatic rings. The van der Waals surface area contributed by atoms with Crippen molar-refractivity contribution in [2.24, 2.45) is 0 Å². The van der Waals surface area contributed by atoms with Gasteiger partial charge in [-0.1, -0.05) is 177 Å². The Labute approximate surface area is 322 Å². The van der Waals surface area contributed by atoms with Crippen LogP contribution in [0.15, 0.2) is 84.9 Å². The van der Waals surface area contributed by atoms with Crippen molar-refractivity contribution in [3.63, 3.8) is 0 Å². The number of carbonyl (C=O) groups is 2. The highest BCUT2D eigenvalue weighted by Crippen LogP contribution is 2.50. The molecule has 0 aliphatic carbocycles. The number of hydrogen-bond donors (Lipinski definition) is 0. The zero-order valence-corrected chi connectivity index (χ0v) is 33.0. The molecule has 0 fully saturated rings. The maximum absolute atomic E-state index is 13.5. The number of carbonyl (C=O) groups excluding carboxylic acids is 2. The zero-order chi connectivity index (χ0) is 37.9. The van der Waals surface area contributed by atoms with Crippen LogP contribution in [-0.4, -0.2) is 11.9 Å². The van der Waals surface area contributed by atoms with Gasteiger partial charge in [0.15, 0.2) is 0 Å². The molecule has 0 aliphatic heterocycles. The molecule has 6 aromatic carbocycles. The van der Waals surface area contributed by atoms with E-state index >= 15 is 0 Å². The van der Waals surface area contributed by atoms with Gasteiger partial charge in [0.25, 0.3) is 0 Å². The first-order valence-corrected chi connectivity index (χ1v) is 20.8. The van der Waals surface area contributed by atoms with Crippen molar-refractivity contribution in [2.75, 3.05) is 0 Å². The minimum atomic E-state index is -0.181. The number of fused-ring (bicyclic) bond motifs is 4. The lowest BCUT2D eigenvalue weighted by molar-refractivity contribution is -0.135. The van der Waals surface area contributed by atoms with Crippen molar-refractivity contribution >= 4 is 55.0 Å². The number of aryl methyl sites for hydroxylation is 2. The first kappa shape index (κ1) is 39.0. The van der Waals surface area contributed by atoms with Gasteiger partial charge in [0.2, 0.25) is 0 Å². The lowest BCUT2D eigenvalue weighted by Gasteiger charge is -2.22. The maximum Gasteiger partial charge on any atom is 0.311 e. The molecule has 4 nitrogen and oxygen atoms in total. The minimum Gasteiger partial charge on any atom is -0.425 e. The molecule has 282 valence electrons. The van der Waals surface area contributed by atoms with Crippen LogP contribution in [0.5, 0.6) is 11.5 Å². The molecule has 0 saturated carbocycles. The monoisotopic (exact) mass is 722 g/mol. The lowest BCUT2D eigenvalue weighted by atomic mass is 9.84. The molecule has 0 atom stereocenters. The summed E-state index contributed by atoms with van der Waals surface area (Å²) in [6, 6.07) is 30.1. The molecule has 0 radical (unpaired) electrons. The summed E-state index contributed by atoms with van der Waals surface area (Å²) >= 11 is 0. The molecule has 0 aromatic heterocycles. The van der Waals surface area contributed by atoms with Crippen molar-refractivity contribution < 1.29 is 19.1 Å². The second kappa shape index (κ2) is 19.1. The molecule has 6 aromatic rings. The molecular formula is C50H58O4. The van der Waals surface area contributed by atoms with E-state index in [-0.39, 0.29) is 11.9 Å². The van der Waals surface area contributed by atoms with Crippen LogP contribution in [0, 0.1) is 0 Å². The van der Waals surface area contributed by atoms with Crippen LogP contribution in [0.1, 0.15) is 129 Å². The average Bonchev–Trinajstić information content (AvgIpc) is 3.18. The van der Waals surface area contributed by atoms with Crippen LogP contribution in [0.4, 0.5) is 0 Å². The predicted octanol–water partition coefficient (Wildman–Crippen LogP) is 14.4. The zero-order valence-electron chi connectivity index (χ0n) is 33.0. The van der Waals surface area contributed by atoms with Crippen LogP contribution in [0.25, 0.3) is 54.2 Å². The molecule has 0 amide bonds. The van der Waals surface area contributed by atoms with E-state index in [0.717, 1.165) is 118 Å². The Morgan fingerprint density at radius 1 is 0.407 bits per heavy atom. The summed E-state index contributed by atoms with van der Waals surface area (Å²) < 4.78 is 12.8. The SMILES string of the molecule is CCCCCCCC(=O)Oc1c2ccccc2c(-c2c3ccccc3c(OC(=O)CCCCCCC)c3ccc(CCC)cc23)c2cc(CCC)ccc12. The summed E-state index contributed by atoms with van der Waals surface area (Å²) in [5, 5.41) is 7.91. The molecule has 0 N–H and O–H groups in total. The van der Waals surface area contributed by atoms with Gasteiger partial charge in [-0.05, 0) is 69.5 Å². The van der Waals surface area contributed by atoms with E-state index in [1.807, 2.05) is 12.1 Å². The molecule has 0 heterocycles. The Bertz CT molecular complexity index is 2070. The van der Waals surface area contributed by atoms with E-state index in [0.29, 0.717) is 24.3 Å². The van der Waals surface area contributed by atoms with Gasteiger partial charge in [-0.3, -0.25) is 9.59 Å². The number of rotatable bonds is 19. The predicted molar refractivity (Wildman–Crippen MR) is 228 cm³/mol. The van der Waals surface area contributed by atoms with Gasteiger partial charge < -0.3 is 9.47 Å². The van der Waals surface area contributed by atoms with Gasteiger partial charge in [-0.25, -0.2) is 0 Å². The van der Waals surface area contributed by atoms with Gasteiger partial charge in [-0.2, -0.15) is 0 Å². The molecule has 0 saturated heterocycles. The highest BCUT2D eigenvalue weighted by molar-refractivity contribution is 6.27. The molecule has 4 heteroatoms. The Balaban J connectivity index is 1.59. The quantitative estimate of drug-likeness (QED) is 0.0361. The normalized spacial score (nSPS) is 11.6. The number of benzene rings is 6. The number of unbranched alkanes of at least 4 members (excludes halogenated alkanes) is 8. The van der Waals surface area contributed by atoms with Crippen molar-refractivity contribution in [2.45, 2.75) is 130 Å². The highest BCUT2D eigenvalue weighted by Gasteiger charge is 2.24. The Kier molecular flexibility index (Phi) is 13.8. The Morgan fingerprint density at radius 3 is 1.17 bits per heavy atom. The largest absolute Gasteiger partial charge is 0.425 e. The summed E-state index contributed by atoms with van der Waals surface area (Å²) in [7, 11) is 0. The third-order valence-electron chi connectivity index (χ3n) is 10.8. The molecule has 0 unspecified atom stereocenters. The Morgan fingerprint density at radius 2 is 0.778 bits per heavy atom. The van der Waals surface area contributed by atoms with E-state index in [1.54, 1.807) is 0 Å². The van der Waals surface area contributed by atoms with Gasteiger partial charge >= 0.3 is 11.9 Å². The molecule has 0 bridgehead atoms. The van der Waals surface area contributed by atoms with Gasteiger partial charge in [-0.15, -0.1) is 0 Å². The maximum atomic E-state index is 13.5. The van der Waals surface area contributed by atoms with Crippen LogP contribution >= 0.6 is 0 Å². The standard InChI is InChI=1S/C50H58O4/c1-5-9-11-13-15-27-45(51)53-49-39-25-19-17-23-37(39)47(43-33-35(21-7-3)29-31-41(43)49)48-38-24-18-20-26-40(38)50(54-46(52)28-16-14-12-10-6-2)42-32-30-36(22-8-4)34-44(42)48/h17-20,23-26,29-34H,5-16,21-22,27-28H2,1-4H3. The van der Waals surface area contributed by atoms with E-state index in [1.165, 1.54) is 36.8 Å².